The lowest BCUT2D eigenvalue weighted by atomic mass is 9.39. The van der Waals surface area contributed by atoms with Crippen LogP contribution in [0.4, 0.5) is 0 Å². The summed E-state index contributed by atoms with van der Waals surface area (Å²) in [5, 5.41) is 10.7. The number of hydrogen-bond donors (Lipinski definition) is 1. The highest BCUT2D eigenvalue weighted by atomic mass is 16.3. The Morgan fingerprint density at radius 2 is 1.50 bits per heavy atom. The van der Waals surface area contributed by atoms with Gasteiger partial charge in [0.2, 0.25) is 0 Å². The van der Waals surface area contributed by atoms with Gasteiger partial charge in [-0.3, -0.25) is 0 Å². The first-order chi connectivity index (χ1) is 9.31. The minimum absolute atomic E-state index is 0.0616. The van der Waals surface area contributed by atoms with Crippen LogP contribution in [0.1, 0.15) is 85.5 Å². The molecule has 0 spiro atoms. The number of rotatable bonds is 5. The molecule has 1 nitrogen and oxygen atoms in total. The lowest BCUT2D eigenvalue weighted by Gasteiger charge is -2.66. The Hall–Kier alpha value is -0.0400. The molecule has 4 aliphatic rings. The van der Waals surface area contributed by atoms with Crippen molar-refractivity contribution in [3.05, 3.63) is 0 Å². The van der Waals surface area contributed by atoms with Crippen LogP contribution in [-0.2, 0) is 0 Å². The summed E-state index contributed by atoms with van der Waals surface area (Å²) < 4.78 is 0. The standard InChI is InChI=1S/C19H34O/c1-5-15(6-2)16(20)10-19-9-14-7-17(3,12-19)11-18(4,8-14)13-19/h14-16,20H,5-13H2,1-4H3. The van der Waals surface area contributed by atoms with Gasteiger partial charge >= 0.3 is 0 Å². The van der Waals surface area contributed by atoms with Crippen molar-refractivity contribution in [1.29, 1.82) is 0 Å². The van der Waals surface area contributed by atoms with Crippen LogP contribution in [0.2, 0.25) is 0 Å². The molecular formula is C19H34O. The van der Waals surface area contributed by atoms with Gasteiger partial charge in [-0.05, 0) is 73.0 Å². The molecule has 1 heteroatoms. The molecule has 1 N–H and O–H groups in total. The number of aliphatic hydroxyl groups is 1. The Bertz CT molecular complexity index is 352. The molecule has 0 radical (unpaired) electrons. The fourth-order valence-corrected chi connectivity index (χ4v) is 7.36. The predicted molar refractivity (Wildman–Crippen MR) is 84.5 cm³/mol. The van der Waals surface area contributed by atoms with Gasteiger partial charge in [-0.2, -0.15) is 0 Å². The molecule has 116 valence electrons. The molecule has 0 aliphatic heterocycles. The number of aliphatic hydroxyl groups excluding tert-OH is 1. The van der Waals surface area contributed by atoms with Gasteiger partial charge in [0.05, 0.1) is 6.10 Å². The quantitative estimate of drug-likeness (QED) is 0.735. The molecule has 0 heterocycles. The fraction of sp³-hybridized carbons (Fsp3) is 1.00. The number of hydrogen-bond acceptors (Lipinski definition) is 1. The average Bonchev–Trinajstić information content (AvgIpc) is 2.24. The summed E-state index contributed by atoms with van der Waals surface area (Å²) in [7, 11) is 0. The maximum atomic E-state index is 10.7. The molecule has 0 aromatic heterocycles. The van der Waals surface area contributed by atoms with Crippen molar-refractivity contribution in [2.75, 3.05) is 0 Å². The van der Waals surface area contributed by atoms with Crippen molar-refractivity contribution in [3.63, 3.8) is 0 Å². The zero-order chi connectivity index (χ0) is 14.6. The summed E-state index contributed by atoms with van der Waals surface area (Å²) in [5.74, 6) is 1.47. The van der Waals surface area contributed by atoms with Gasteiger partial charge in [0.25, 0.3) is 0 Å². The lowest BCUT2D eigenvalue weighted by molar-refractivity contribution is -0.159. The largest absolute Gasteiger partial charge is 0.393 e. The van der Waals surface area contributed by atoms with E-state index in [0.29, 0.717) is 22.2 Å². The molecule has 4 aliphatic carbocycles. The Morgan fingerprint density at radius 1 is 0.950 bits per heavy atom. The normalized spacial score (nSPS) is 48.0. The van der Waals surface area contributed by atoms with Gasteiger partial charge in [0.1, 0.15) is 0 Å². The van der Waals surface area contributed by atoms with E-state index in [9.17, 15) is 5.11 Å². The van der Waals surface area contributed by atoms with Crippen molar-refractivity contribution >= 4 is 0 Å². The second-order valence-corrected chi connectivity index (χ2v) is 9.48. The first-order valence-corrected chi connectivity index (χ1v) is 8.99. The Morgan fingerprint density at radius 3 is 1.95 bits per heavy atom. The molecular weight excluding hydrogens is 244 g/mol. The summed E-state index contributed by atoms with van der Waals surface area (Å²) in [4.78, 5) is 0. The van der Waals surface area contributed by atoms with Crippen molar-refractivity contribution in [2.24, 2.45) is 28.1 Å². The molecule has 4 saturated carbocycles. The maximum Gasteiger partial charge on any atom is 0.0573 e. The van der Waals surface area contributed by atoms with Crippen molar-refractivity contribution in [2.45, 2.75) is 91.6 Å². The Balaban J connectivity index is 1.79. The van der Waals surface area contributed by atoms with Crippen LogP contribution < -0.4 is 0 Å². The van der Waals surface area contributed by atoms with Crippen molar-refractivity contribution < 1.29 is 5.11 Å². The highest BCUT2D eigenvalue weighted by molar-refractivity contribution is 5.10. The van der Waals surface area contributed by atoms with Crippen molar-refractivity contribution in [3.8, 4) is 0 Å². The van der Waals surface area contributed by atoms with Gasteiger partial charge in [-0.25, -0.2) is 0 Å². The smallest absolute Gasteiger partial charge is 0.0573 e. The van der Waals surface area contributed by atoms with Crippen molar-refractivity contribution in [1.82, 2.24) is 0 Å². The van der Waals surface area contributed by atoms with E-state index in [1.165, 1.54) is 38.5 Å². The van der Waals surface area contributed by atoms with Crippen LogP contribution >= 0.6 is 0 Å². The molecule has 3 atom stereocenters. The fourth-order valence-electron chi connectivity index (χ4n) is 7.36. The first-order valence-electron chi connectivity index (χ1n) is 8.99. The second kappa shape index (κ2) is 4.73. The topological polar surface area (TPSA) is 20.2 Å². The maximum absolute atomic E-state index is 10.7. The summed E-state index contributed by atoms with van der Waals surface area (Å²) in [6.45, 7) is 9.54. The van der Waals surface area contributed by atoms with E-state index in [1.807, 2.05) is 0 Å². The highest BCUT2D eigenvalue weighted by Crippen LogP contribution is 2.70. The van der Waals surface area contributed by atoms with E-state index in [4.69, 9.17) is 0 Å². The van der Waals surface area contributed by atoms with E-state index >= 15 is 0 Å². The minimum Gasteiger partial charge on any atom is -0.393 e. The molecule has 4 bridgehead atoms. The zero-order valence-corrected chi connectivity index (χ0v) is 14.0. The van der Waals surface area contributed by atoms with Crippen LogP contribution in [0.15, 0.2) is 0 Å². The van der Waals surface area contributed by atoms with Gasteiger partial charge in [0, 0.05) is 0 Å². The molecule has 3 unspecified atom stereocenters. The summed E-state index contributed by atoms with van der Waals surface area (Å²) in [6.07, 6.45) is 11.9. The van der Waals surface area contributed by atoms with Crippen LogP contribution in [0.5, 0.6) is 0 Å². The average molecular weight is 278 g/mol. The van der Waals surface area contributed by atoms with E-state index in [2.05, 4.69) is 27.7 Å². The second-order valence-electron chi connectivity index (χ2n) is 9.48. The monoisotopic (exact) mass is 278 g/mol. The Labute approximate surface area is 125 Å². The van der Waals surface area contributed by atoms with E-state index in [-0.39, 0.29) is 6.10 Å². The third kappa shape index (κ3) is 2.45. The van der Waals surface area contributed by atoms with Gasteiger partial charge in [-0.1, -0.05) is 40.5 Å². The lowest BCUT2D eigenvalue weighted by Crippen LogP contribution is -2.56. The highest BCUT2D eigenvalue weighted by Gasteiger charge is 2.60. The van der Waals surface area contributed by atoms with Gasteiger partial charge < -0.3 is 5.11 Å². The SMILES string of the molecule is CCC(CC)C(O)CC12CC3CC(C)(CC(C)(C3)C1)C2. The van der Waals surface area contributed by atoms with Gasteiger partial charge in [0.15, 0.2) is 0 Å². The predicted octanol–water partition coefficient (Wildman–Crippen LogP) is 5.17. The van der Waals surface area contributed by atoms with E-state index < -0.39 is 0 Å². The summed E-state index contributed by atoms with van der Waals surface area (Å²) >= 11 is 0. The Kier molecular flexibility index (Phi) is 3.52. The van der Waals surface area contributed by atoms with Crippen LogP contribution in [0.3, 0.4) is 0 Å². The van der Waals surface area contributed by atoms with Gasteiger partial charge in [-0.15, -0.1) is 0 Å². The molecule has 0 aromatic carbocycles. The summed E-state index contributed by atoms with van der Waals surface area (Å²) in [6, 6.07) is 0. The molecule has 0 aromatic rings. The summed E-state index contributed by atoms with van der Waals surface area (Å²) in [5.41, 5.74) is 1.65. The molecule has 20 heavy (non-hydrogen) atoms. The van der Waals surface area contributed by atoms with Crippen LogP contribution in [-0.4, -0.2) is 11.2 Å². The third-order valence-corrected chi connectivity index (χ3v) is 6.98. The minimum atomic E-state index is -0.0616. The zero-order valence-electron chi connectivity index (χ0n) is 14.0. The third-order valence-electron chi connectivity index (χ3n) is 6.98. The molecule has 4 rings (SSSR count). The molecule has 0 saturated heterocycles. The molecule has 4 fully saturated rings. The molecule has 0 amide bonds. The van der Waals surface area contributed by atoms with E-state index in [1.54, 1.807) is 0 Å². The van der Waals surface area contributed by atoms with Crippen LogP contribution in [0, 0.1) is 28.1 Å². The van der Waals surface area contributed by atoms with Crippen LogP contribution in [0.25, 0.3) is 0 Å². The first kappa shape index (κ1) is 14.9. The van der Waals surface area contributed by atoms with E-state index in [0.717, 1.165) is 25.2 Å².